The first-order valence-corrected chi connectivity index (χ1v) is 8.82. The number of aromatic nitrogens is 1. The monoisotopic (exact) mass is 374 g/mol. The first-order chi connectivity index (χ1) is 12.8. The van der Waals surface area contributed by atoms with Crippen LogP contribution in [0.5, 0.6) is 0 Å². The number of amides is 3. The van der Waals surface area contributed by atoms with E-state index in [0.717, 1.165) is 0 Å². The van der Waals surface area contributed by atoms with Crippen LogP contribution in [0.2, 0.25) is 0 Å². The van der Waals surface area contributed by atoms with Crippen molar-refractivity contribution in [3.63, 3.8) is 0 Å². The fourth-order valence-electron chi connectivity index (χ4n) is 3.20. The number of oxazole rings is 1. The van der Waals surface area contributed by atoms with Crippen molar-refractivity contribution in [1.82, 2.24) is 20.5 Å². The van der Waals surface area contributed by atoms with E-state index >= 15 is 0 Å². The van der Waals surface area contributed by atoms with E-state index in [2.05, 4.69) is 15.6 Å². The predicted molar refractivity (Wildman–Crippen MR) is 97.2 cm³/mol. The summed E-state index contributed by atoms with van der Waals surface area (Å²) in [6.07, 6.45) is 2.16. The van der Waals surface area contributed by atoms with Crippen LogP contribution in [-0.4, -0.2) is 42.0 Å². The van der Waals surface area contributed by atoms with Crippen LogP contribution >= 0.6 is 0 Å². The number of hydrogen-bond donors (Lipinski definition) is 2. The summed E-state index contributed by atoms with van der Waals surface area (Å²) in [5.41, 5.74) is 0.128. The number of nitrogens with one attached hydrogen (secondary N) is 2. The van der Waals surface area contributed by atoms with Gasteiger partial charge < -0.3 is 20.0 Å². The Labute approximate surface area is 156 Å². The van der Waals surface area contributed by atoms with E-state index in [-0.39, 0.29) is 17.8 Å². The van der Waals surface area contributed by atoms with Crippen molar-refractivity contribution in [2.24, 2.45) is 5.41 Å². The third-order valence-electron chi connectivity index (χ3n) is 4.90. The van der Waals surface area contributed by atoms with Crippen LogP contribution < -0.4 is 10.6 Å². The van der Waals surface area contributed by atoms with Crippen molar-refractivity contribution in [3.8, 4) is 11.3 Å². The van der Waals surface area contributed by atoms with Crippen molar-refractivity contribution >= 4 is 11.9 Å². The molecule has 8 heteroatoms. The third-order valence-corrected chi connectivity index (χ3v) is 4.90. The molecule has 3 amide bonds. The second kappa shape index (κ2) is 7.38. The fourth-order valence-corrected chi connectivity index (χ4v) is 3.20. The molecule has 1 fully saturated rings. The van der Waals surface area contributed by atoms with Gasteiger partial charge in [0.05, 0.1) is 11.6 Å². The van der Waals surface area contributed by atoms with Gasteiger partial charge in [0.1, 0.15) is 11.9 Å². The molecule has 2 N–H and O–H groups in total. The van der Waals surface area contributed by atoms with E-state index in [9.17, 15) is 14.0 Å². The average Bonchev–Trinajstić information content (AvgIpc) is 3.29. The summed E-state index contributed by atoms with van der Waals surface area (Å²) in [7, 11) is 1.60. The van der Waals surface area contributed by atoms with E-state index in [4.69, 9.17) is 4.42 Å². The highest BCUT2D eigenvalue weighted by Gasteiger charge is 2.41. The number of nitrogens with zero attached hydrogens (tertiary/aromatic N) is 2. The second-order valence-corrected chi connectivity index (χ2v) is 7.05. The number of carbonyl (C=O) groups is 2. The second-order valence-electron chi connectivity index (χ2n) is 7.05. The number of hydrogen-bond acceptors (Lipinski definition) is 4. The van der Waals surface area contributed by atoms with Crippen LogP contribution in [0.4, 0.5) is 9.18 Å². The Hall–Kier alpha value is -2.90. The van der Waals surface area contributed by atoms with E-state index in [0.29, 0.717) is 36.7 Å². The number of benzene rings is 1. The summed E-state index contributed by atoms with van der Waals surface area (Å²) in [4.78, 5) is 30.3. The van der Waals surface area contributed by atoms with Gasteiger partial charge in [-0.1, -0.05) is 0 Å². The lowest BCUT2D eigenvalue weighted by Gasteiger charge is -2.23. The quantitative estimate of drug-likeness (QED) is 0.861. The molecule has 144 valence electrons. The fraction of sp³-hybridized carbons (Fsp3) is 0.421. The molecule has 1 aromatic heterocycles. The molecule has 2 heterocycles. The van der Waals surface area contributed by atoms with Gasteiger partial charge in [-0.2, -0.15) is 0 Å². The van der Waals surface area contributed by atoms with Crippen molar-refractivity contribution in [3.05, 3.63) is 42.2 Å². The molecule has 1 saturated heterocycles. The van der Waals surface area contributed by atoms with E-state index in [1.54, 1.807) is 37.2 Å². The molecule has 27 heavy (non-hydrogen) atoms. The summed E-state index contributed by atoms with van der Waals surface area (Å²) < 4.78 is 18.7. The number of halogens is 1. The van der Waals surface area contributed by atoms with E-state index < -0.39 is 11.5 Å². The zero-order valence-electron chi connectivity index (χ0n) is 15.6. The highest BCUT2D eigenvalue weighted by molar-refractivity contribution is 5.84. The predicted octanol–water partition coefficient (Wildman–Crippen LogP) is 2.71. The first kappa shape index (κ1) is 18.9. The molecule has 2 atom stereocenters. The minimum absolute atomic E-state index is 0.0671. The Morgan fingerprint density at radius 3 is 2.70 bits per heavy atom. The number of rotatable bonds is 4. The van der Waals surface area contributed by atoms with Crippen LogP contribution in [0.25, 0.3) is 11.3 Å². The number of likely N-dealkylation sites (tertiary alicyclic amines) is 1. The minimum Gasteiger partial charge on any atom is -0.438 e. The maximum atomic E-state index is 13.0. The van der Waals surface area contributed by atoms with Gasteiger partial charge in [-0.25, -0.2) is 14.2 Å². The Bertz CT molecular complexity index is 836. The molecule has 3 rings (SSSR count). The maximum Gasteiger partial charge on any atom is 0.318 e. The van der Waals surface area contributed by atoms with Crippen LogP contribution in [0.15, 0.2) is 34.9 Å². The van der Waals surface area contributed by atoms with Crippen molar-refractivity contribution in [2.75, 3.05) is 20.1 Å². The normalized spacial score (nSPS) is 20.4. The summed E-state index contributed by atoms with van der Waals surface area (Å²) in [6.45, 7) is 4.49. The highest BCUT2D eigenvalue weighted by atomic mass is 19.1. The lowest BCUT2D eigenvalue weighted by Crippen LogP contribution is -2.43. The molecular weight excluding hydrogens is 351 g/mol. The molecule has 1 aliphatic rings. The maximum absolute atomic E-state index is 13.0. The van der Waals surface area contributed by atoms with Gasteiger partial charge in [0.2, 0.25) is 11.8 Å². The van der Waals surface area contributed by atoms with Crippen LogP contribution in [-0.2, 0) is 4.79 Å². The zero-order chi connectivity index (χ0) is 19.6. The Morgan fingerprint density at radius 1 is 1.33 bits per heavy atom. The van der Waals surface area contributed by atoms with Crippen molar-refractivity contribution in [2.45, 2.75) is 26.3 Å². The Kier molecular flexibility index (Phi) is 5.16. The molecule has 2 unspecified atom stereocenters. The van der Waals surface area contributed by atoms with Gasteiger partial charge in [0.25, 0.3) is 0 Å². The largest absolute Gasteiger partial charge is 0.438 e. The van der Waals surface area contributed by atoms with Crippen molar-refractivity contribution in [1.29, 1.82) is 0 Å². The molecule has 7 nitrogen and oxygen atoms in total. The van der Waals surface area contributed by atoms with Crippen LogP contribution in [0.1, 0.15) is 32.2 Å². The van der Waals surface area contributed by atoms with Gasteiger partial charge in [-0.15, -0.1) is 0 Å². The van der Waals surface area contributed by atoms with E-state index in [1.807, 2.05) is 6.92 Å². The molecule has 0 spiro atoms. The Morgan fingerprint density at radius 2 is 2.04 bits per heavy atom. The molecule has 0 bridgehead atoms. The lowest BCUT2D eigenvalue weighted by atomic mass is 9.89. The smallest absolute Gasteiger partial charge is 0.318 e. The van der Waals surface area contributed by atoms with Gasteiger partial charge >= 0.3 is 6.03 Å². The number of urea groups is 1. The third kappa shape index (κ3) is 3.94. The SMILES string of the molecule is CNC(=O)C1(C)CCN(C(=O)NC(C)c2ncc(-c3ccc(F)cc3)o2)C1. The van der Waals surface area contributed by atoms with E-state index in [1.165, 1.54) is 12.1 Å². The average molecular weight is 374 g/mol. The molecule has 0 aliphatic carbocycles. The summed E-state index contributed by atoms with van der Waals surface area (Å²) >= 11 is 0. The summed E-state index contributed by atoms with van der Waals surface area (Å²) in [5.74, 6) is 0.464. The summed E-state index contributed by atoms with van der Waals surface area (Å²) in [6, 6.07) is 5.19. The molecule has 1 aromatic carbocycles. The first-order valence-electron chi connectivity index (χ1n) is 8.82. The lowest BCUT2D eigenvalue weighted by molar-refractivity contribution is -0.128. The molecular formula is C19H23FN4O3. The standard InChI is InChI=1S/C19H23FN4O3/c1-12(16-22-10-15(27-16)13-4-6-14(20)7-5-13)23-18(26)24-9-8-19(2,11-24)17(25)21-3/h4-7,10,12H,8-9,11H2,1-3H3,(H,21,25)(H,23,26). The zero-order valence-corrected chi connectivity index (χ0v) is 15.6. The molecule has 2 aromatic rings. The van der Waals surface area contributed by atoms with Gasteiger partial charge in [0.15, 0.2) is 5.76 Å². The minimum atomic E-state index is -0.575. The summed E-state index contributed by atoms with van der Waals surface area (Å²) in [5, 5.41) is 5.50. The van der Waals surface area contributed by atoms with Gasteiger partial charge in [-0.05, 0) is 44.5 Å². The molecule has 0 saturated carbocycles. The highest BCUT2D eigenvalue weighted by Crippen LogP contribution is 2.30. The van der Waals surface area contributed by atoms with Gasteiger partial charge in [0, 0.05) is 25.7 Å². The molecule has 0 radical (unpaired) electrons. The van der Waals surface area contributed by atoms with Crippen LogP contribution in [0.3, 0.4) is 0 Å². The topological polar surface area (TPSA) is 87.5 Å². The number of carbonyl (C=O) groups excluding carboxylic acids is 2. The van der Waals surface area contributed by atoms with Gasteiger partial charge in [-0.3, -0.25) is 4.79 Å². The molecule has 1 aliphatic heterocycles. The van der Waals surface area contributed by atoms with Crippen LogP contribution in [0, 0.1) is 11.2 Å². The Balaban J connectivity index is 1.62. The van der Waals surface area contributed by atoms with Crippen molar-refractivity contribution < 1.29 is 18.4 Å².